The summed E-state index contributed by atoms with van der Waals surface area (Å²) in [7, 11) is 0. The number of hydrogen-bond donors (Lipinski definition) is 1. The van der Waals surface area contributed by atoms with Gasteiger partial charge in [-0.2, -0.15) is 11.8 Å². The minimum absolute atomic E-state index is 0.132. The normalized spacial score (nSPS) is 12.6. The first-order valence-electron chi connectivity index (χ1n) is 6.23. The van der Waals surface area contributed by atoms with E-state index in [0.29, 0.717) is 5.92 Å². The molecule has 1 aromatic carbocycles. The van der Waals surface area contributed by atoms with Crippen LogP contribution in [0, 0.1) is 5.82 Å². The maximum absolute atomic E-state index is 13.2. The van der Waals surface area contributed by atoms with Crippen molar-refractivity contribution in [1.29, 1.82) is 0 Å². The maximum Gasteiger partial charge on any atom is 0.123 e. The minimum atomic E-state index is -0.132. The molecule has 1 nitrogen and oxygen atoms in total. The Labute approximate surface area is 108 Å². The molecule has 0 saturated carbocycles. The second-order valence-electron chi connectivity index (χ2n) is 4.24. The van der Waals surface area contributed by atoms with Gasteiger partial charge in [0.2, 0.25) is 0 Å². The van der Waals surface area contributed by atoms with Crippen LogP contribution in [0.1, 0.15) is 31.2 Å². The Morgan fingerprint density at radius 2 is 2.24 bits per heavy atom. The number of thioether (sulfide) groups is 1. The van der Waals surface area contributed by atoms with Crippen molar-refractivity contribution in [3.8, 4) is 0 Å². The number of nitrogens with one attached hydrogen (secondary N) is 1. The van der Waals surface area contributed by atoms with Crippen LogP contribution in [0.5, 0.6) is 0 Å². The molecule has 0 spiro atoms. The Bertz CT molecular complexity index is 317. The van der Waals surface area contributed by atoms with Gasteiger partial charge in [0, 0.05) is 6.54 Å². The fraction of sp³-hybridized carbons (Fsp3) is 0.571. The van der Waals surface area contributed by atoms with Crippen LogP contribution >= 0.6 is 11.8 Å². The van der Waals surface area contributed by atoms with Gasteiger partial charge in [0.05, 0.1) is 0 Å². The Morgan fingerprint density at radius 3 is 2.88 bits per heavy atom. The summed E-state index contributed by atoms with van der Waals surface area (Å²) in [5.41, 5.74) is 1.11. The molecular weight excluding hydrogens is 233 g/mol. The summed E-state index contributed by atoms with van der Waals surface area (Å²) in [4.78, 5) is 0. The Hall–Kier alpha value is -0.540. The summed E-state index contributed by atoms with van der Waals surface area (Å²) >= 11 is 1.85. The monoisotopic (exact) mass is 255 g/mol. The van der Waals surface area contributed by atoms with Crippen LogP contribution < -0.4 is 5.32 Å². The first-order chi connectivity index (χ1) is 8.27. The molecule has 17 heavy (non-hydrogen) atoms. The van der Waals surface area contributed by atoms with Gasteiger partial charge >= 0.3 is 0 Å². The van der Waals surface area contributed by atoms with Gasteiger partial charge < -0.3 is 5.32 Å². The molecule has 1 rings (SSSR count). The average molecular weight is 255 g/mol. The molecular formula is C14H22FNS. The van der Waals surface area contributed by atoms with Gasteiger partial charge in [-0.15, -0.1) is 0 Å². The molecule has 0 aliphatic carbocycles. The van der Waals surface area contributed by atoms with E-state index >= 15 is 0 Å². The third-order valence-electron chi connectivity index (χ3n) is 2.81. The topological polar surface area (TPSA) is 12.0 Å². The molecule has 0 aliphatic rings. The Balaban J connectivity index is 2.60. The molecule has 0 radical (unpaired) electrons. The van der Waals surface area contributed by atoms with E-state index in [4.69, 9.17) is 0 Å². The van der Waals surface area contributed by atoms with Crippen LogP contribution in [0.25, 0.3) is 0 Å². The molecule has 96 valence electrons. The molecule has 0 aliphatic heterocycles. The lowest BCUT2D eigenvalue weighted by Crippen LogP contribution is -2.22. The van der Waals surface area contributed by atoms with E-state index in [1.807, 2.05) is 17.8 Å². The molecule has 0 bridgehead atoms. The lowest BCUT2D eigenvalue weighted by molar-refractivity contribution is 0.563. The summed E-state index contributed by atoms with van der Waals surface area (Å²) in [6, 6.07) is 7.01. The van der Waals surface area contributed by atoms with Crippen LogP contribution in [0.3, 0.4) is 0 Å². The summed E-state index contributed by atoms with van der Waals surface area (Å²) < 4.78 is 13.2. The third-order valence-corrected chi connectivity index (χ3v) is 3.45. The summed E-state index contributed by atoms with van der Waals surface area (Å²) in [6.45, 7) is 4.13. The SMILES string of the molecule is CCCNCC(CCSC)c1cccc(F)c1. The van der Waals surface area contributed by atoms with Gasteiger partial charge in [0.15, 0.2) is 0 Å². The van der Waals surface area contributed by atoms with Gasteiger partial charge in [0.25, 0.3) is 0 Å². The predicted octanol–water partition coefficient (Wildman–Crippen LogP) is 3.66. The fourth-order valence-electron chi connectivity index (χ4n) is 1.86. The van der Waals surface area contributed by atoms with E-state index < -0.39 is 0 Å². The molecule has 1 unspecified atom stereocenters. The van der Waals surface area contributed by atoms with Crippen molar-refractivity contribution in [2.45, 2.75) is 25.7 Å². The second-order valence-corrected chi connectivity index (χ2v) is 5.22. The van der Waals surface area contributed by atoms with Gasteiger partial charge in [-0.1, -0.05) is 19.1 Å². The van der Waals surface area contributed by atoms with Gasteiger partial charge in [-0.25, -0.2) is 4.39 Å². The van der Waals surface area contributed by atoms with Crippen molar-refractivity contribution in [2.24, 2.45) is 0 Å². The molecule has 0 fully saturated rings. The number of benzene rings is 1. The van der Waals surface area contributed by atoms with Crippen molar-refractivity contribution in [2.75, 3.05) is 25.1 Å². The summed E-state index contributed by atoms with van der Waals surface area (Å²) in [6.07, 6.45) is 4.35. The molecule has 3 heteroatoms. The van der Waals surface area contributed by atoms with E-state index in [9.17, 15) is 4.39 Å². The van der Waals surface area contributed by atoms with Crippen LogP contribution in [-0.4, -0.2) is 25.1 Å². The number of halogens is 1. The summed E-state index contributed by atoms with van der Waals surface area (Å²) in [5, 5.41) is 3.43. The molecule has 0 heterocycles. The number of rotatable bonds is 8. The van der Waals surface area contributed by atoms with Crippen LogP contribution in [0.2, 0.25) is 0 Å². The second kappa shape index (κ2) is 8.54. The zero-order valence-corrected chi connectivity index (χ0v) is 11.5. The highest BCUT2D eigenvalue weighted by atomic mass is 32.2. The van der Waals surface area contributed by atoms with Crippen molar-refractivity contribution in [3.63, 3.8) is 0 Å². The molecule has 1 N–H and O–H groups in total. The molecule has 0 amide bonds. The minimum Gasteiger partial charge on any atom is -0.316 e. The lowest BCUT2D eigenvalue weighted by atomic mass is 9.96. The molecule has 0 aromatic heterocycles. The van der Waals surface area contributed by atoms with Crippen LogP contribution in [0.15, 0.2) is 24.3 Å². The van der Waals surface area contributed by atoms with Crippen LogP contribution in [0.4, 0.5) is 4.39 Å². The Kier molecular flexibility index (Phi) is 7.29. The van der Waals surface area contributed by atoms with E-state index in [1.54, 1.807) is 12.1 Å². The Morgan fingerprint density at radius 1 is 1.41 bits per heavy atom. The van der Waals surface area contributed by atoms with Crippen molar-refractivity contribution in [3.05, 3.63) is 35.6 Å². The van der Waals surface area contributed by atoms with Gasteiger partial charge in [-0.3, -0.25) is 0 Å². The van der Waals surface area contributed by atoms with E-state index in [2.05, 4.69) is 18.5 Å². The van der Waals surface area contributed by atoms with Crippen molar-refractivity contribution in [1.82, 2.24) is 5.32 Å². The summed E-state index contributed by atoms with van der Waals surface area (Å²) in [5.74, 6) is 1.41. The molecule has 1 aromatic rings. The van der Waals surface area contributed by atoms with E-state index in [0.717, 1.165) is 37.2 Å². The first-order valence-corrected chi connectivity index (χ1v) is 7.62. The zero-order valence-electron chi connectivity index (χ0n) is 10.7. The van der Waals surface area contributed by atoms with Gasteiger partial charge in [0.1, 0.15) is 5.82 Å². The lowest BCUT2D eigenvalue weighted by Gasteiger charge is -2.17. The fourth-order valence-corrected chi connectivity index (χ4v) is 2.38. The first kappa shape index (κ1) is 14.5. The highest BCUT2D eigenvalue weighted by Crippen LogP contribution is 2.21. The average Bonchev–Trinajstić information content (AvgIpc) is 2.33. The highest BCUT2D eigenvalue weighted by molar-refractivity contribution is 7.98. The van der Waals surface area contributed by atoms with Crippen LogP contribution in [-0.2, 0) is 0 Å². The predicted molar refractivity (Wildman–Crippen MR) is 75.3 cm³/mol. The van der Waals surface area contributed by atoms with E-state index in [1.165, 1.54) is 6.07 Å². The van der Waals surface area contributed by atoms with Crippen molar-refractivity contribution >= 4 is 11.8 Å². The zero-order chi connectivity index (χ0) is 12.5. The van der Waals surface area contributed by atoms with Crippen molar-refractivity contribution < 1.29 is 4.39 Å². The standard InChI is InChI=1S/C14H22FNS/c1-3-8-16-11-13(7-9-17-2)12-5-4-6-14(15)10-12/h4-6,10,13,16H,3,7-9,11H2,1-2H3. The smallest absolute Gasteiger partial charge is 0.123 e. The largest absolute Gasteiger partial charge is 0.316 e. The highest BCUT2D eigenvalue weighted by Gasteiger charge is 2.11. The molecule has 0 saturated heterocycles. The maximum atomic E-state index is 13.2. The third kappa shape index (κ3) is 5.55. The molecule has 1 atom stereocenters. The van der Waals surface area contributed by atoms with E-state index in [-0.39, 0.29) is 5.82 Å². The van der Waals surface area contributed by atoms with Gasteiger partial charge in [-0.05, 0) is 55.0 Å². The quantitative estimate of drug-likeness (QED) is 0.711. The number of hydrogen-bond acceptors (Lipinski definition) is 2.